The highest BCUT2D eigenvalue weighted by atomic mass is 16.5. The van der Waals surface area contributed by atoms with E-state index in [0.29, 0.717) is 5.92 Å². The Kier molecular flexibility index (Phi) is 5.71. The van der Waals surface area contributed by atoms with E-state index in [4.69, 9.17) is 4.74 Å². The van der Waals surface area contributed by atoms with Crippen molar-refractivity contribution in [2.75, 3.05) is 13.2 Å². The molecule has 0 aliphatic heterocycles. The van der Waals surface area contributed by atoms with Crippen molar-refractivity contribution < 1.29 is 4.74 Å². The maximum atomic E-state index is 5.82. The molecule has 1 aromatic rings. The third-order valence-corrected chi connectivity index (χ3v) is 3.90. The summed E-state index contributed by atoms with van der Waals surface area (Å²) in [5.74, 6) is 1.57. The summed E-state index contributed by atoms with van der Waals surface area (Å²) >= 11 is 0. The molecule has 0 saturated heterocycles. The lowest BCUT2D eigenvalue weighted by atomic mass is 10.0. The van der Waals surface area contributed by atoms with Gasteiger partial charge < -0.3 is 10.1 Å². The van der Waals surface area contributed by atoms with Gasteiger partial charge in [-0.05, 0) is 49.4 Å². The lowest BCUT2D eigenvalue weighted by Gasteiger charge is -2.12. The molecule has 1 fully saturated rings. The van der Waals surface area contributed by atoms with E-state index in [1.54, 1.807) is 0 Å². The summed E-state index contributed by atoms with van der Waals surface area (Å²) < 4.78 is 5.82. The molecule has 0 unspecified atom stereocenters. The Morgan fingerprint density at radius 1 is 1.26 bits per heavy atom. The molecular formula is C17H27NO. The zero-order chi connectivity index (χ0) is 13.5. The van der Waals surface area contributed by atoms with Gasteiger partial charge in [0.2, 0.25) is 0 Å². The highest BCUT2D eigenvalue weighted by Crippen LogP contribution is 2.20. The molecule has 106 valence electrons. The molecule has 1 aliphatic rings. The van der Waals surface area contributed by atoms with Crippen molar-refractivity contribution in [3.8, 4) is 5.75 Å². The van der Waals surface area contributed by atoms with Gasteiger partial charge in [-0.3, -0.25) is 0 Å². The van der Waals surface area contributed by atoms with E-state index >= 15 is 0 Å². The summed E-state index contributed by atoms with van der Waals surface area (Å²) in [5, 5.41) is 3.62. The lowest BCUT2D eigenvalue weighted by Crippen LogP contribution is -2.27. The van der Waals surface area contributed by atoms with Gasteiger partial charge in [0.25, 0.3) is 0 Å². The summed E-state index contributed by atoms with van der Waals surface area (Å²) in [6.07, 6.45) is 6.60. The molecule has 1 aromatic carbocycles. The van der Waals surface area contributed by atoms with Gasteiger partial charge in [-0.15, -0.1) is 0 Å². The fourth-order valence-corrected chi connectivity index (χ4v) is 2.66. The van der Waals surface area contributed by atoms with E-state index in [2.05, 4.69) is 43.4 Å². The van der Waals surface area contributed by atoms with Gasteiger partial charge >= 0.3 is 0 Å². The first kappa shape index (κ1) is 14.4. The number of rotatable bonds is 7. The quantitative estimate of drug-likeness (QED) is 0.746. The molecule has 2 rings (SSSR count). The molecule has 1 N–H and O–H groups in total. The van der Waals surface area contributed by atoms with Crippen LogP contribution in [0.2, 0.25) is 0 Å². The highest BCUT2D eigenvalue weighted by Gasteiger charge is 2.13. The molecular weight excluding hydrogens is 234 g/mol. The van der Waals surface area contributed by atoms with Crippen LogP contribution in [0.25, 0.3) is 0 Å². The largest absolute Gasteiger partial charge is 0.494 e. The van der Waals surface area contributed by atoms with Crippen LogP contribution in [0.4, 0.5) is 0 Å². The second-order valence-electron chi connectivity index (χ2n) is 5.86. The molecule has 0 amide bonds. The molecule has 0 atom stereocenters. The summed E-state index contributed by atoms with van der Waals surface area (Å²) in [6, 6.07) is 9.23. The van der Waals surface area contributed by atoms with Crippen molar-refractivity contribution in [3.05, 3.63) is 29.8 Å². The lowest BCUT2D eigenvalue weighted by molar-refractivity contribution is 0.304. The first-order valence-corrected chi connectivity index (χ1v) is 7.72. The van der Waals surface area contributed by atoms with Crippen molar-refractivity contribution in [2.45, 2.75) is 57.9 Å². The first-order chi connectivity index (χ1) is 9.25. The molecule has 0 heterocycles. The summed E-state index contributed by atoms with van der Waals surface area (Å²) in [5.41, 5.74) is 1.35. The smallest absolute Gasteiger partial charge is 0.119 e. The summed E-state index contributed by atoms with van der Waals surface area (Å²) in [4.78, 5) is 0. The zero-order valence-electron chi connectivity index (χ0n) is 12.3. The van der Waals surface area contributed by atoms with E-state index in [1.165, 1.54) is 31.2 Å². The van der Waals surface area contributed by atoms with Gasteiger partial charge in [0, 0.05) is 6.04 Å². The Balaban J connectivity index is 1.63. The predicted octanol–water partition coefficient (Wildman–Crippen LogP) is 4.11. The molecule has 1 saturated carbocycles. The second kappa shape index (κ2) is 7.54. The Labute approximate surface area is 117 Å². The van der Waals surface area contributed by atoms with E-state index in [1.807, 2.05) is 0 Å². The van der Waals surface area contributed by atoms with Crippen molar-refractivity contribution in [1.29, 1.82) is 0 Å². The third-order valence-electron chi connectivity index (χ3n) is 3.90. The van der Waals surface area contributed by atoms with Crippen LogP contribution in [0.1, 0.15) is 57.4 Å². The van der Waals surface area contributed by atoms with Crippen LogP contribution >= 0.6 is 0 Å². The van der Waals surface area contributed by atoms with Crippen LogP contribution in [0.15, 0.2) is 24.3 Å². The number of hydrogen-bond acceptors (Lipinski definition) is 2. The van der Waals surface area contributed by atoms with E-state index < -0.39 is 0 Å². The normalized spacial score (nSPS) is 16.2. The fourth-order valence-electron chi connectivity index (χ4n) is 2.66. The van der Waals surface area contributed by atoms with Crippen LogP contribution < -0.4 is 10.1 Å². The molecule has 0 spiro atoms. The van der Waals surface area contributed by atoms with Gasteiger partial charge in [0.1, 0.15) is 5.75 Å². The number of nitrogens with one attached hydrogen (secondary N) is 1. The Morgan fingerprint density at radius 2 is 2.05 bits per heavy atom. The van der Waals surface area contributed by atoms with Crippen molar-refractivity contribution >= 4 is 0 Å². The van der Waals surface area contributed by atoms with Gasteiger partial charge in [0.15, 0.2) is 0 Å². The average molecular weight is 261 g/mol. The number of ether oxygens (including phenoxy) is 1. The second-order valence-corrected chi connectivity index (χ2v) is 5.86. The van der Waals surface area contributed by atoms with Crippen LogP contribution in [0.5, 0.6) is 5.75 Å². The van der Waals surface area contributed by atoms with Crippen LogP contribution in [-0.2, 0) is 0 Å². The minimum atomic E-state index is 0.563. The Hall–Kier alpha value is -1.02. The number of benzene rings is 1. The van der Waals surface area contributed by atoms with E-state index in [0.717, 1.165) is 31.4 Å². The molecule has 0 radical (unpaired) electrons. The van der Waals surface area contributed by atoms with Crippen LogP contribution in [0.3, 0.4) is 0 Å². The fraction of sp³-hybridized carbons (Fsp3) is 0.647. The third kappa shape index (κ3) is 4.87. The van der Waals surface area contributed by atoms with E-state index in [-0.39, 0.29) is 0 Å². The standard InChI is InChI=1S/C17H27NO/c1-14(2)15-7-5-10-17(13-15)19-12-6-11-18-16-8-3-4-9-16/h5,7,10,13-14,16,18H,3-4,6,8-9,11-12H2,1-2H3. The summed E-state index contributed by atoms with van der Waals surface area (Å²) in [6.45, 7) is 6.31. The minimum Gasteiger partial charge on any atom is -0.494 e. The highest BCUT2D eigenvalue weighted by molar-refractivity contribution is 5.30. The maximum absolute atomic E-state index is 5.82. The number of hydrogen-bond donors (Lipinski definition) is 1. The van der Waals surface area contributed by atoms with Crippen molar-refractivity contribution in [1.82, 2.24) is 5.32 Å². The molecule has 2 nitrogen and oxygen atoms in total. The predicted molar refractivity (Wildman–Crippen MR) is 80.9 cm³/mol. The topological polar surface area (TPSA) is 21.3 Å². The molecule has 0 aromatic heterocycles. The first-order valence-electron chi connectivity index (χ1n) is 7.72. The van der Waals surface area contributed by atoms with Gasteiger partial charge in [0.05, 0.1) is 6.61 Å². The van der Waals surface area contributed by atoms with Crippen LogP contribution in [0, 0.1) is 0 Å². The molecule has 19 heavy (non-hydrogen) atoms. The van der Waals surface area contributed by atoms with E-state index in [9.17, 15) is 0 Å². The monoisotopic (exact) mass is 261 g/mol. The molecule has 0 bridgehead atoms. The zero-order valence-corrected chi connectivity index (χ0v) is 12.3. The van der Waals surface area contributed by atoms with Crippen LogP contribution in [-0.4, -0.2) is 19.2 Å². The van der Waals surface area contributed by atoms with Crippen molar-refractivity contribution in [3.63, 3.8) is 0 Å². The van der Waals surface area contributed by atoms with Gasteiger partial charge in [-0.25, -0.2) is 0 Å². The minimum absolute atomic E-state index is 0.563. The average Bonchev–Trinajstić information content (AvgIpc) is 2.92. The Morgan fingerprint density at radius 3 is 2.79 bits per heavy atom. The Bertz CT molecular complexity index is 369. The molecule has 2 heteroatoms. The van der Waals surface area contributed by atoms with Gasteiger partial charge in [-0.1, -0.05) is 38.8 Å². The molecule has 1 aliphatic carbocycles. The summed E-state index contributed by atoms with van der Waals surface area (Å²) in [7, 11) is 0. The SMILES string of the molecule is CC(C)c1cccc(OCCCNC2CCCC2)c1. The van der Waals surface area contributed by atoms with Gasteiger partial charge in [-0.2, -0.15) is 0 Å². The van der Waals surface area contributed by atoms with Crippen molar-refractivity contribution in [2.24, 2.45) is 0 Å². The maximum Gasteiger partial charge on any atom is 0.119 e.